The van der Waals surface area contributed by atoms with Crippen molar-refractivity contribution < 1.29 is 14.3 Å². The van der Waals surface area contributed by atoms with Crippen molar-refractivity contribution in [2.45, 2.75) is 13.0 Å². The van der Waals surface area contributed by atoms with E-state index in [1.807, 2.05) is 42.5 Å². The molecule has 0 aromatic heterocycles. The Hall–Kier alpha value is -3.91. The lowest BCUT2D eigenvalue weighted by atomic mass is 10.1. The number of hydrogen-bond acceptors (Lipinski definition) is 5. The summed E-state index contributed by atoms with van der Waals surface area (Å²) in [6.45, 7) is 1.41. The van der Waals surface area contributed by atoms with E-state index in [0.29, 0.717) is 48.6 Å². The molecule has 2 aliphatic heterocycles. The number of nitrogens with one attached hydrogen (secondary N) is 1. The normalized spacial score (nSPS) is 11.0. The van der Waals surface area contributed by atoms with Crippen molar-refractivity contribution in [3.63, 3.8) is 0 Å². The molecule has 170 valence electrons. The first-order chi connectivity index (χ1) is 16.1. The van der Waals surface area contributed by atoms with E-state index in [2.05, 4.69) is 10.4 Å². The van der Waals surface area contributed by atoms with Crippen molar-refractivity contribution in [2.24, 2.45) is 0 Å². The highest BCUT2D eigenvalue weighted by Crippen LogP contribution is 2.22. The van der Waals surface area contributed by atoms with E-state index in [-0.39, 0.29) is 11.5 Å². The zero-order valence-corrected chi connectivity index (χ0v) is 18.7. The summed E-state index contributed by atoms with van der Waals surface area (Å²) in [6.07, 6.45) is 4.10. The number of methoxy groups -OCH3 is 2. The van der Waals surface area contributed by atoms with E-state index in [1.54, 1.807) is 43.3 Å². The molecule has 8 heteroatoms. The molecule has 0 spiro atoms. The fourth-order valence-electron chi connectivity index (χ4n) is 3.60. The molecule has 0 bridgehead atoms. The predicted molar refractivity (Wildman–Crippen MR) is 125 cm³/mol. The molecule has 0 atom stereocenters. The largest absolute Gasteiger partial charge is 0.497 e. The lowest BCUT2D eigenvalue weighted by Gasteiger charge is -2.13. The van der Waals surface area contributed by atoms with Gasteiger partial charge in [0.1, 0.15) is 11.4 Å². The van der Waals surface area contributed by atoms with Gasteiger partial charge in [-0.05, 0) is 36.2 Å². The van der Waals surface area contributed by atoms with Gasteiger partial charge in [0.05, 0.1) is 30.5 Å². The summed E-state index contributed by atoms with van der Waals surface area (Å²) in [6, 6.07) is 16.9. The van der Waals surface area contributed by atoms with Crippen LogP contribution in [0, 0.1) is 0 Å². The van der Waals surface area contributed by atoms with Crippen molar-refractivity contribution in [2.75, 3.05) is 27.4 Å². The second-order valence-electron chi connectivity index (χ2n) is 7.57. The van der Waals surface area contributed by atoms with Crippen LogP contribution in [0.1, 0.15) is 15.9 Å². The Morgan fingerprint density at radius 2 is 1.79 bits per heavy atom. The van der Waals surface area contributed by atoms with Gasteiger partial charge in [-0.25, -0.2) is 0 Å². The monoisotopic (exact) mass is 446 g/mol. The molecule has 0 aliphatic carbocycles. The lowest BCUT2D eigenvalue weighted by molar-refractivity contribution is 0.0953. The number of fused-ring (bicyclic) bond motifs is 1. The maximum Gasteiger partial charge on any atom is 0.282 e. The highest BCUT2D eigenvalue weighted by Gasteiger charge is 2.24. The Balaban J connectivity index is 1.61. The molecule has 1 amide bonds. The van der Waals surface area contributed by atoms with Gasteiger partial charge in [-0.15, -0.1) is 0 Å². The van der Waals surface area contributed by atoms with Crippen molar-refractivity contribution in [3.05, 3.63) is 88.5 Å². The van der Waals surface area contributed by atoms with Crippen LogP contribution in [0.3, 0.4) is 0 Å². The highest BCUT2D eigenvalue weighted by atomic mass is 16.5. The van der Waals surface area contributed by atoms with Gasteiger partial charge in [0, 0.05) is 32.6 Å². The summed E-state index contributed by atoms with van der Waals surface area (Å²) in [5.41, 5.74) is 2.57. The van der Waals surface area contributed by atoms with Gasteiger partial charge in [0.15, 0.2) is 0 Å². The SMILES string of the molecule is COCCn1cc(C(=O)NCCc2ccc(OC)cc2)c2nn(-c3ccccc3)c(=O)c-2c1. The first kappa shape index (κ1) is 22.3. The molecular weight excluding hydrogens is 420 g/mol. The van der Waals surface area contributed by atoms with Crippen LogP contribution < -0.4 is 15.6 Å². The molecule has 2 aromatic rings. The van der Waals surface area contributed by atoms with Crippen LogP contribution in [-0.4, -0.2) is 47.6 Å². The second kappa shape index (κ2) is 10.1. The lowest BCUT2D eigenvalue weighted by Crippen LogP contribution is -2.27. The summed E-state index contributed by atoms with van der Waals surface area (Å²) in [7, 11) is 3.24. The van der Waals surface area contributed by atoms with Gasteiger partial charge in [0.2, 0.25) is 0 Å². The molecule has 0 unspecified atom stereocenters. The van der Waals surface area contributed by atoms with Gasteiger partial charge < -0.3 is 19.4 Å². The maximum atomic E-state index is 13.1. The molecule has 2 aliphatic rings. The van der Waals surface area contributed by atoms with E-state index < -0.39 is 0 Å². The number of ether oxygens (including phenoxy) is 2. The van der Waals surface area contributed by atoms with Crippen molar-refractivity contribution in [1.82, 2.24) is 19.7 Å². The second-order valence-corrected chi connectivity index (χ2v) is 7.57. The third-order valence-corrected chi connectivity index (χ3v) is 5.38. The van der Waals surface area contributed by atoms with E-state index in [1.165, 1.54) is 4.68 Å². The number of carbonyl (C=O) groups is 1. The van der Waals surface area contributed by atoms with E-state index in [9.17, 15) is 9.59 Å². The zero-order valence-electron chi connectivity index (χ0n) is 18.7. The molecule has 0 fully saturated rings. The van der Waals surface area contributed by atoms with E-state index in [0.717, 1.165) is 11.3 Å². The summed E-state index contributed by atoms with van der Waals surface area (Å²) in [5, 5.41) is 7.45. The number of nitrogens with zero attached hydrogens (tertiary/aromatic N) is 3. The van der Waals surface area contributed by atoms with Crippen LogP contribution in [0.25, 0.3) is 16.9 Å². The topological polar surface area (TPSA) is 87.4 Å². The Labute approximate surface area is 191 Å². The predicted octanol–water partition coefficient (Wildman–Crippen LogP) is 2.77. The number of benzene rings is 2. The number of rotatable bonds is 9. The summed E-state index contributed by atoms with van der Waals surface area (Å²) in [5.74, 6) is 0.510. The molecule has 33 heavy (non-hydrogen) atoms. The number of pyridine rings is 1. The van der Waals surface area contributed by atoms with Crippen LogP contribution in [-0.2, 0) is 17.7 Å². The molecule has 1 N–H and O–H groups in total. The Morgan fingerprint density at radius 1 is 1.03 bits per heavy atom. The summed E-state index contributed by atoms with van der Waals surface area (Å²) in [4.78, 5) is 26.2. The van der Waals surface area contributed by atoms with Gasteiger partial charge in [0.25, 0.3) is 11.5 Å². The van der Waals surface area contributed by atoms with Gasteiger partial charge in [-0.2, -0.15) is 9.78 Å². The molecule has 4 rings (SSSR count). The smallest absolute Gasteiger partial charge is 0.282 e. The van der Waals surface area contributed by atoms with Crippen LogP contribution >= 0.6 is 0 Å². The fraction of sp³-hybridized carbons (Fsp3) is 0.240. The molecule has 0 saturated carbocycles. The van der Waals surface area contributed by atoms with Crippen LogP contribution in [0.2, 0.25) is 0 Å². The average molecular weight is 447 g/mol. The Morgan fingerprint density at radius 3 is 2.48 bits per heavy atom. The third kappa shape index (κ3) is 4.96. The standard InChI is InChI=1S/C25H26N4O4/c1-32-15-14-28-16-21(24(30)26-13-12-18-8-10-20(33-2)11-9-18)23-22(17-28)25(31)29(27-23)19-6-4-3-5-7-19/h3-11,16-17H,12-15H2,1-2H3,(H,26,30). The molecule has 8 nitrogen and oxygen atoms in total. The van der Waals surface area contributed by atoms with Gasteiger partial charge >= 0.3 is 0 Å². The van der Waals surface area contributed by atoms with Gasteiger partial charge in [-0.3, -0.25) is 9.59 Å². The Bertz CT molecular complexity index is 1250. The first-order valence-electron chi connectivity index (χ1n) is 10.7. The van der Waals surface area contributed by atoms with Crippen molar-refractivity contribution in [1.29, 1.82) is 0 Å². The molecule has 2 heterocycles. The minimum absolute atomic E-state index is 0.268. The average Bonchev–Trinajstić information content (AvgIpc) is 3.19. The molecular formula is C25H26N4O4. The zero-order chi connectivity index (χ0) is 23.2. The van der Waals surface area contributed by atoms with Crippen LogP contribution in [0.5, 0.6) is 5.75 Å². The highest BCUT2D eigenvalue weighted by molar-refractivity contribution is 5.99. The van der Waals surface area contributed by atoms with Crippen molar-refractivity contribution >= 4 is 5.91 Å². The number of aromatic nitrogens is 3. The number of para-hydroxylation sites is 1. The van der Waals surface area contributed by atoms with Crippen molar-refractivity contribution in [3.8, 4) is 22.7 Å². The maximum absolute atomic E-state index is 13.1. The summed E-state index contributed by atoms with van der Waals surface area (Å²) >= 11 is 0. The number of carbonyl (C=O) groups excluding carboxylic acids is 1. The minimum atomic E-state index is -0.280. The van der Waals surface area contributed by atoms with E-state index >= 15 is 0 Å². The fourth-order valence-corrected chi connectivity index (χ4v) is 3.60. The Kier molecular flexibility index (Phi) is 6.85. The van der Waals surface area contributed by atoms with Crippen LogP contribution in [0.15, 0.2) is 71.8 Å². The minimum Gasteiger partial charge on any atom is -0.497 e. The number of amides is 1. The quantitative estimate of drug-likeness (QED) is 0.427. The molecule has 0 saturated heterocycles. The van der Waals surface area contributed by atoms with Gasteiger partial charge in [-0.1, -0.05) is 30.3 Å². The molecule has 2 aromatic carbocycles. The van der Waals surface area contributed by atoms with Crippen LogP contribution in [0.4, 0.5) is 0 Å². The van der Waals surface area contributed by atoms with E-state index in [4.69, 9.17) is 9.47 Å². The number of hydrogen-bond donors (Lipinski definition) is 1. The third-order valence-electron chi connectivity index (χ3n) is 5.38. The first-order valence-corrected chi connectivity index (χ1v) is 10.7. The molecule has 0 radical (unpaired) electrons. The summed E-state index contributed by atoms with van der Waals surface area (Å²) < 4.78 is 13.5.